The summed E-state index contributed by atoms with van der Waals surface area (Å²) in [5.41, 5.74) is 5.75. The third-order valence-electron chi connectivity index (χ3n) is 1.18. The Morgan fingerprint density at radius 2 is 1.31 bits per heavy atom. The number of benzene rings is 1. The minimum Gasteiger partial charge on any atom is -0.399 e. The lowest BCUT2D eigenvalue weighted by Crippen LogP contribution is -1.97. The van der Waals surface area contributed by atoms with Gasteiger partial charge >= 0.3 is 8.26 Å². The molecule has 92 valence electrons. The molecule has 1 aromatic rings. The summed E-state index contributed by atoms with van der Waals surface area (Å²) in [4.78, 5) is -0.147. The van der Waals surface area contributed by atoms with Crippen molar-refractivity contribution in [3.05, 3.63) is 24.3 Å². The highest BCUT2D eigenvalue weighted by Gasteiger charge is 2.06. The molecule has 0 fully saturated rings. The molecule has 0 unspecified atom stereocenters. The quantitative estimate of drug-likeness (QED) is 0.458. The van der Waals surface area contributed by atoms with E-state index in [1.165, 1.54) is 24.3 Å². The van der Waals surface area contributed by atoms with Gasteiger partial charge in [-0.1, -0.05) is 0 Å². The number of halogens is 2. The molecule has 0 atom stereocenters. The molecule has 0 saturated heterocycles. The van der Waals surface area contributed by atoms with Crippen molar-refractivity contribution in [1.82, 2.24) is 0 Å². The lowest BCUT2D eigenvalue weighted by molar-refractivity contribution is 0.483. The summed E-state index contributed by atoms with van der Waals surface area (Å²) in [6, 6.07) is 5.29. The van der Waals surface area contributed by atoms with Crippen LogP contribution >= 0.6 is 21.4 Å². The molecule has 0 aliphatic rings. The molecule has 0 radical (unpaired) electrons. The van der Waals surface area contributed by atoms with Gasteiger partial charge in [-0.15, -0.1) is 0 Å². The van der Waals surface area contributed by atoms with Crippen LogP contribution in [0.2, 0.25) is 0 Å². The van der Waals surface area contributed by atoms with Gasteiger partial charge in [0.05, 0.1) is 4.90 Å². The van der Waals surface area contributed by atoms with E-state index in [1.807, 2.05) is 0 Å². The van der Waals surface area contributed by atoms with E-state index in [2.05, 4.69) is 21.4 Å². The second kappa shape index (κ2) is 5.69. The number of hydrogen-bond donors (Lipinski definition) is 2. The maximum atomic E-state index is 10.5. The van der Waals surface area contributed by atoms with E-state index in [-0.39, 0.29) is 4.90 Å². The Labute approximate surface area is 102 Å². The van der Waals surface area contributed by atoms with Crippen LogP contribution in [-0.4, -0.2) is 21.4 Å². The number of hydrogen-bond acceptors (Lipinski definition) is 5. The highest BCUT2D eigenvalue weighted by molar-refractivity contribution is 8.31. The van der Waals surface area contributed by atoms with Crippen LogP contribution in [0.15, 0.2) is 29.2 Å². The molecule has 0 amide bonds. The standard InChI is InChI=1S/C6H7NO3S.Cl2O2S/c7-5-1-3-6(4-2-5)11(8,9)10;1-5(2,3)4/h1-4H,7H2,(H,8,9,10);. The van der Waals surface area contributed by atoms with Gasteiger partial charge < -0.3 is 5.73 Å². The zero-order valence-electron chi connectivity index (χ0n) is 7.54. The maximum absolute atomic E-state index is 10.5. The molecule has 0 aliphatic carbocycles. The molecule has 0 aromatic heterocycles. The molecule has 1 aromatic carbocycles. The third kappa shape index (κ3) is 8.74. The third-order valence-corrected chi connectivity index (χ3v) is 2.05. The summed E-state index contributed by atoms with van der Waals surface area (Å²) in [6.45, 7) is 0. The van der Waals surface area contributed by atoms with Crippen molar-refractivity contribution in [1.29, 1.82) is 0 Å². The Kier molecular flexibility index (Phi) is 5.50. The van der Waals surface area contributed by atoms with E-state index in [4.69, 9.17) is 18.7 Å². The Bertz CT molecular complexity index is 529. The molecule has 0 heterocycles. The van der Waals surface area contributed by atoms with E-state index < -0.39 is 18.4 Å². The van der Waals surface area contributed by atoms with Gasteiger partial charge in [-0.05, 0) is 24.3 Å². The Morgan fingerprint density at radius 3 is 1.56 bits per heavy atom. The van der Waals surface area contributed by atoms with Gasteiger partial charge in [-0.2, -0.15) is 16.8 Å². The molecule has 6 nitrogen and oxygen atoms in total. The monoisotopic (exact) mass is 307 g/mol. The van der Waals surface area contributed by atoms with E-state index in [1.54, 1.807) is 0 Å². The fourth-order valence-corrected chi connectivity index (χ4v) is 1.12. The minimum absolute atomic E-state index is 0.147. The van der Waals surface area contributed by atoms with Gasteiger partial charge in [0.25, 0.3) is 10.1 Å². The molecule has 3 N–H and O–H groups in total. The van der Waals surface area contributed by atoms with Gasteiger partial charge in [0, 0.05) is 27.1 Å². The molecule has 0 spiro atoms. The second-order valence-corrected chi connectivity index (χ2v) is 7.51. The normalized spacial score (nSPS) is 11.4. The van der Waals surface area contributed by atoms with Crippen molar-refractivity contribution in [2.75, 3.05) is 5.73 Å². The summed E-state index contributed by atoms with van der Waals surface area (Å²) < 4.78 is 47.8. The van der Waals surface area contributed by atoms with E-state index in [0.29, 0.717) is 5.69 Å². The molecule has 0 bridgehead atoms. The Morgan fingerprint density at radius 1 is 1.00 bits per heavy atom. The first-order valence-electron chi connectivity index (χ1n) is 3.47. The topological polar surface area (TPSA) is 115 Å². The van der Waals surface area contributed by atoms with Crippen molar-refractivity contribution < 1.29 is 21.4 Å². The summed E-state index contributed by atoms with van der Waals surface area (Å²) in [5, 5.41) is 0. The van der Waals surface area contributed by atoms with Crippen LogP contribution in [0.4, 0.5) is 5.69 Å². The first-order valence-corrected chi connectivity index (χ1v) is 8.05. The summed E-state index contributed by atoms with van der Waals surface area (Å²) >= 11 is 0. The van der Waals surface area contributed by atoms with E-state index in [9.17, 15) is 8.42 Å². The van der Waals surface area contributed by atoms with E-state index >= 15 is 0 Å². The van der Waals surface area contributed by atoms with Crippen molar-refractivity contribution in [3.63, 3.8) is 0 Å². The number of nitrogens with two attached hydrogens (primary N) is 1. The van der Waals surface area contributed by atoms with Crippen LogP contribution in [0.1, 0.15) is 0 Å². The van der Waals surface area contributed by atoms with Crippen LogP contribution in [0.5, 0.6) is 0 Å². The predicted octanol–water partition coefficient (Wildman–Crippen LogP) is 1.22. The van der Waals surface area contributed by atoms with Gasteiger partial charge in [0.1, 0.15) is 0 Å². The Balaban J connectivity index is 0.000000385. The van der Waals surface area contributed by atoms with Crippen LogP contribution in [-0.2, 0) is 18.4 Å². The smallest absolute Gasteiger partial charge is 0.317 e. The predicted molar refractivity (Wildman–Crippen MR) is 61.3 cm³/mol. The highest BCUT2D eigenvalue weighted by atomic mass is 36.0. The largest absolute Gasteiger partial charge is 0.399 e. The maximum Gasteiger partial charge on any atom is 0.317 e. The summed E-state index contributed by atoms with van der Waals surface area (Å²) in [7, 11) is 0.738. The van der Waals surface area contributed by atoms with Crippen LogP contribution in [0.3, 0.4) is 0 Å². The minimum atomic E-state index is -4.08. The zero-order chi connectivity index (χ0) is 13.0. The number of anilines is 1. The molecule has 10 heteroatoms. The van der Waals surface area contributed by atoms with Crippen molar-refractivity contribution in [3.8, 4) is 0 Å². The zero-order valence-corrected chi connectivity index (χ0v) is 10.7. The van der Waals surface area contributed by atoms with Gasteiger partial charge in [0.2, 0.25) is 0 Å². The molecule has 16 heavy (non-hydrogen) atoms. The Hall–Kier alpha value is -0.540. The lowest BCUT2D eigenvalue weighted by Gasteiger charge is -1.95. The van der Waals surface area contributed by atoms with Crippen molar-refractivity contribution >= 4 is 45.4 Å². The van der Waals surface area contributed by atoms with Crippen molar-refractivity contribution in [2.24, 2.45) is 0 Å². The first kappa shape index (κ1) is 15.5. The van der Waals surface area contributed by atoms with E-state index in [0.717, 1.165) is 0 Å². The average molecular weight is 308 g/mol. The summed E-state index contributed by atoms with van der Waals surface area (Å²) in [5.74, 6) is 0. The molecule has 0 saturated carbocycles. The lowest BCUT2D eigenvalue weighted by atomic mass is 10.3. The first-order chi connectivity index (χ1) is 7.00. The van der Waals surface area contributed by atoms with Gasteiger partial charge in [-0.3, -0.25) is 4.55 Å². The highest BCUT2D eigenvalue weighted by Crippen LogP contribution is 2.10. The average Bonchev–Trinajstić information content (AvgIpc) is 1.99. The fraction of sp³-hybridized carbons (Fsp3) is 0. The molecule has 0 aliphatic heterocycles. The van der Waals surface area contributed by atoms with Crippen LogP contribution in [0, 0.1) is 0 Å². The van der Waals surface area contributed by atoms with Crippen molar-refractivity contribution in [2.45, 2.75) is 4.90 Å². The fourth-order valence-electron chi connectivity index (χ4n) is 0.640. The number of rotatable bonds is 1. The number of nitrogen functional groups attached to an aromatic ring is 1. The second-order valence-electron chi connectivity index (χ2n) is 2.42. The molecular weight excluding hydrogens is 301 g/mol. The summed E-state index contributed by atoms with van der Waals surface area (Å²) in [6.07, 6.45) is 0. The molecular formula is C6H7Cl2NO5S2. The van der Waals surface area contributed by atoms with Crippen LogP contribution < -0.4 is 5.73 Å². The van der Waals surface area contributed by atoms with Crippen LogP contribution in [0.25, 0.3) is 0 Å². The SMILES string of the molecule is Nc1ccc(S(=O)(=O)O)cc1.O=S(=O)(Cl)Cl. The van der Waals surface area contributed by atoms with Gasteiger partial charge in [-0.25, -0.2) is 0 Å². The molecule has 1 rings (SSSR count). The van der Waals surface area contributed by atoms with Gasteiger partial charge in [0.15, 0.2) is 0 Å².